The monoisotopic (exact) mass is 238 g/mol. The van der Waals surface area contributed by atoms with E-state index in [0.717, 1.165) is 12.3 Å². The second-order valence-electron chi connectivity index (χ2n) is 7.56. The van der Waals surface area contributed by atoms with Crippen LogP contribution in [0.5, 0.6) is 0 Å². The molecule has 1 heteroatoms. The van der Waals surface area contributed by atoms with E-state index in [1.807, 2.05) is 0 Å². The fourth-order valence-corrected chi connectivity index (χ4v) is 4.64. The van der Waals surface area contributed by atoms with Crippen molar-refractivity contribution < 1.29 is 5.11 Å². The highest BCUT2D eigenvalue weighted by Crippen LogP contribution is 2.54. The number of hydrogen-bond acceptors (Lipinski definition) is 1. The lowest BCUT2D eigenvalue weighted by Crippen LogP contribution is -2.42. The Hall–Kier alpha value is -0.0400. The van der Waals surface area contributed by atoms with Gasteiger partial charge >= 0.3 is 0 Å². The van der Waals surface area contributed by atoms with Crippen LogP contribution < -0.4 is 0 Å². The van der Waals surface area contributed by atoms with Gasteiger partial charge in [-0.05, 0) is 48.9 Å². The third kappa shape index (κ3) is 2.54. The van der Waals surface area contributed by atoms with Gasteiger partial charge in [-0.3, -0.25) is 0 Å². The molecular formula is C16H30O. The van der Waals surface area contributed by atoms with Gasteiger partial charge in [-0.1, -0.05) is 47.0 Å². The Balaban J connectivity index is 2.02. The molecule has 2 aliphatic carbocycles. The molecule has 0 aliphatic heterocycles. The van der Waals surface area contributed by atoms with Gasteiger partial charge in [0.15, 0.2) is 0 Å². The number of aliphatic hydroxyl groups is 1. The molecule has 100 valence electrons. The van der Waals surface area contributed by atoms with Gasteiger partial charge in [-0.15, -0.1) is 0 Å². The van der Waals surface area contributed by atoms with Crippen LogP contribution in [0, 0.1) is 23.2 Å². The van der Waals surface area contributed by atoms with Crippen molar-refractivity contribution in [2.75, 3.05) is 0 Å². The summed E-state index contributed by atoms with van der Waals surface area (Å²) in [5.74, 6) is 1.99. The molecule has 0 aromatic carbocycles. The lowest BCUT2D eigenvalue weighted by atomic mass is 9.69. The van der Waals surface area contributed by atoms with Crippen LogP contribution in [0.3, 0.4) is 0 Å². The van der Waals surface area contributed by atoms with Crippen molar-refractivity contribution in [2.24, 2.45) is 23.2 Å². The van der Waals surface area contributed by atoms with E-state index in [0.29, 0.717) is 17.3 Å². The minimum Gasteiger partial charge on any atom is -0.389 e. The molecule has 1 nitrogen and oxygen atoms in total. The highest BCUT2D eigenvalue weighted by Gasteiger charge is 2.51. The smallest absolute Gasteiger partial charge is 0.0706 e. The first kappa shape index (κ1) is 13.4. The summed E-state index contributed by atoms with van der Waals surface area (Å²) in [6, 6.07) is 0. The Morgan fingerprint density at radius 3 is 2.12 bits per heavy atom. The van der Waals surface area contributed by atoms with Crippen LogP contribution in [0.25, 0.3) is 0 Å². The summed E-state index contributed by atoms with van der Waals surface area (Å²) in [6.45, 7) is 9.21. The SMILES string of the molecule is CCC1CCC(C2(O)CC(C)(C)CC2C)CC1. The van der Waals surface area contributed by atoms with Crippen LogP contribution in [0.1, 0.15) is 72.6 Å². The maximum atomic E-state index is 11.1. The predicted octanol–water partition coefficient (Wildman–Crippen LogP) is 4.39. The average Bonchev–Trinajstić information content (AvgIpc) is 2.48. The maximum Gasteiger partial charge on any atom is 0.0706 e. The van der Waals surface area contributed by atoms with Gasteiger partial charge in [0.2, 0.25) is 0 Å². The topological polar surface area (TPSA) is 20.2 Å². The van der Waals surface area contributed by atoms with Crippen molar-refractivity contribution in [1.82, 2.24) is 0 Å². The third-order valence-electron chi connectivity index (χ3n) is 5.60. The van der Waals surface area contributed by atoms with Gasteiger partial charge in [0, 0.05) is 0 Å². The first-order valence-corrected chi connectivity index (χ1v) is 7.60. The molecule has 0 amide bonds. The molecule has 0 heterocycles. The molecule has 0 aromatic heterocycles. The Labute approximate surface area is 107 Å². The number of hydrogen-bond donors (Lipinski definition) is 1. The zero-order valence-corrected chi connectivity index (χ0v) is 12.1. The van der Waals surface area contributed by atoms with E-state index in [9.17, 15) is 5.11 Å². The van der Waals surface area contributed by atoms with E-state index in [4.69, 9.17) is 0 Å². The second kappa shape index (κ2) is 4.57. The maximum absolute atomic E-state index is 11.1. The van der Waals surface area contributed by atoms with Crippen LogP contribution in [0.15, 0.2) is 0 Å². The fourth-order valence-electron chi connectivity index (χ4n) is 4.64. The lowest BCUT2D eigenvalue weighted by Gasteiger charge is -2.41. The zero-order chi connectivity index (χ0) is 12.7. The predicted molar refractivity (Wildman–Crippen MR) is 72.9 cm³/mol. The van der Waals surface area contributed by atoms with Gasteiger partial charge in [-0.2, -0.15) is 0 Å². The summed E-state index contributed by atoms with van der Waals surface area (Å²) in [7, 11) is 0. The molecule has 0 spiro atoms. The zero-order valence-electron chi connectivity index (χ0n) is 12.1. The highest BCUT2D eigenvalue weighted by atomic mass is 16.3. The van der Waals surface area contributed by atoms with Gasteiger partial charge < -0.3 is 5.11 Å². The molecule has 0 radical (unpaired) electrons. The Morgan fingerprint density at radius 1 is 1.12 bits per heavy atom. The van der Waals surface area contributed by atoms with Gasteiger partial charge in [0.05, 0.1) is 5.60 Å². The van der Waals surface area contributed by atoms with Gasteiger partial charge in [-0.25, -0.2) is 0 Å². The van der Waals surface area contributed by atoms with Gasteiger partial charge in [0.1, 0.15) is 0 Å². The van der Waals surface area contributed by atoms with Crippen molar-refractivity contribution in [3.63, 3.8) is 0 Å². The molecule has 2 rings (SSSR count). The van der Waals surface area contributed by atoms with Crippen molar-refractivity contribution in [2.45, 2.75) is 78.2 Å². The lowest BCUT2D eigenvalue weighted by molar-refractivity contribution is -0.0673. The molecule has 2 atom stereocenters. The largest absolute Gasteiger partial charge is 0.389 e. The average molecular weight is 238 g/mol. The van der Waals surface area contributed by atoms with Crippen molar-refractivity contribution in [3.05, 3.63) is 0 Å². The summed E-state index contributed by atoms with van der Waals surface area (Å²) in [5, 5.41) is 11.1. The van der Waals surface area contributed by atoms with Crippen LogP contribution in [-0.4, -0.2) is 10.7 Å². The fraction of sp³-hybridized carbons (Fsp3) is 1.00. The van der Waals surface area contributed by atoms with E-state index in [1.165, 1.54) is 38.5 Å². The molecule has 2 saturated carbocycles. The second-order valence-corrected chi connectivity index (χ2v) is 7.56. The molecule has 0 saturated heterocycles. The van der Waals surface area contributed by atoms with E-state index >= 15 is 0 Å². The van der Waals surface area contributed by atoms with Gasteiger partial charge in [0.25, 0.3) is 0 Å². The summed E-state index contributed by atoms with van der Waals surface area (Å²) >= 11 is 0. The van der Waals surface area contributed by atoms with Crippen LogP contribution >= 0.6 is 0 Å². The Morgan fingerprint density at radius 2 is 1.71 bits per heavy atom. The molecule has 2 fully saturated rings. The summed E-state index contributed by atoms with van der Waals surface area (Å²) < 4.78 is 0. The minimum absolute atomic E-state index is 0.343. The first-order valence-electron chi connectivity index (χ1n) is 7.60. The standard InChI is InChI=1S/C16H30O/c1-5-13-6-8-14(9-7-13)16(17)11-15(3,4)10-12(16)2/h12-14,17H,5-11H2,1-4H3. The van der Waals surface area contributed by atoms with Crippen LogP contribution in [-0.2, 0) is 0 Å². The van der Waals surface area contributed by atoms with E-state index in [2.05, 4.69) is 27.7 Å². The van der Waals surface area contributed by atoms with Crippen molar-refractivity contribution >= 4 is 0 Å². The summed E-state index contributed by atoms with van der Waals surface area (Å²) in [4.78, 5) is 0. The Bertz CT molecular complexity index is 263. The Kier molecular flexibility index (Phi) is 3.60. The molecule has 2 aliphatic rings. The molecule has 17 heavy (non-hydrogen) atoms. The number of rotatable bonds is 2. The molecule has 1 N–H and O–H groups in total. The first-order chi connectivity index (χ1) is 7.87. The molecule has 2 unspecified atom stereocenters. The summed E-state index contributed by atoms with van der Waals surface area (Å²) in [6.07, 6.45) is 8.74. The van der Waals surface area contributed by atoms with E-state index < -0.39 is 0 Å². The molecule has 0 aromatic rings. The van der Waals surface area contributed by atoms with E-state index in [1.54, 1.807) is 0 Å². The molecule has 0 bridgehead atoms. The quantitative estimate of drug-likeness (QED) is 0.756. The molecular weight excluding hydrogens is 208 g/mol. The summed E-state index contributed by atoms with van der Waals surface area (Å²) in [5.41, 5.74) is -0.0159. The van der Waals surface area contributed by atoms with Crippen LogP contribution in [0.4, 0.5) is 0 Å². The van der Waals surface area contributed by atoms with Crippen molar-refractivity contribution in [1.29, 1.82) is 0 Å². The normalized spacial score (nSPS) is 46.1. The van der Waals surface area contributed by atoms with E-state index in [-0.39, 0.29) is 5.60 Å². The minimum atomic E-state index is -0.359. The van der Waals surface area contributed by atoms with Crippen LogP contribution in [0.2, 0.25) is 0 Å². The third-order valence-corrected chi connectivity index (χ3v) is 5.60. The van der Waals surface area contributed by atoms with Crippen molar-refractivity contribution in [3.8, 4) is 0 Å². The highest BCUT2D eigenvalue weighted by molar-refractivity contribution is 5.02.